The zero-order valence-corrected chi connectivity index (χ0v) is 15.2. The fourth-order valence-corrected chi connectivity index (χ4v) is 6.58. The van der Waals surface area contributed by atoms with Gasteiger partial charge in [-0.3, -0.25) is 0 Å². The summed E-state index contributed by atoms with van der Waals surface area (Å²) >= 11 is -2.06. The molecule has 1 fully saturated rings. The molecule has 0 radical (unpaired) electrons. The molecule has 2 heteroatoms. The van der Waals surface area contributed by atoms with Gasteiger partial charge in [-0.15, -0.1) is 0 Å². The van der Waals surface area contributed by atoms with Gasteiger partial charge in [0.05, 0.1) is 0 Å². The van der Waals surface area contributed by atoms with Crippen LogP contribution in [0.25, 0.3) is 11.3 Å². The summed E-state index contributed by atoms with van der Waals surface area (Å²) in [6.07, 6.45) is 6.95. The molecule has 1 aliphatic carbocycles. The van der Waals surface area contributed by atoms with Crippen LogP contribution in [0.3, 0.4) is 0 Å². The predicted molar refractivity (Wildman–Crippen MR) is 93.9 cm³/mol. The average Bonchev–Trinajstić information content (AvgIpc) is 3.09. The molecule has 3 rings (SSSR count). The molecule has 0 aliphatic heterocycles. The first kappa shape index (κ1) is 10.6. The second-order valence-electron chi connectivity index (χ2n) is 6.97. The standard InChI is InChI=1S/C19H25GeN/c1-20(2,3)18-14-21-19(16-11-5-4-6-12-16)13-17(18)15-9-7-8-10-15/h4-6,11-15H,7-10H2,1-3H3/i4D,5D,6D,11D. The van der Waals surface area contributed by atoms with Gasteiger partial charge in [-0.25, -0.2) is 0 Å². The minimum absolute atomic E-state index is 0.00379. The van der Waals surface area contributed by atoms with Crippen molar-refractivity contribution in [2.24, 2.45) is 0 Å². The molecule has 1 nitrogen and oxygen atoms in total. The summed E-state index contributed by atoms with van der Waals surface area (Å²) in [5.41, 5.74) is 2.55. The van der Waals surface area contributed by atoms with Crippen LogP contribution >= 0.6 is 0 Å². The molecule has 1 aromatic heterocycles. The third-order valence-corrected chi connectivity index (χ3v) is 8.63. The van der Waals surface area contributed by atoms with E-state index in [0.29, 0.717) is 17.2 Å². The van der Waals surface area contributed by atoms with Crippen molar-refractivity contribution in [1.82, 2.24) is 4.98 Å². The van der Waals surface area contributed by atoms with E-state index in [0.717, 1.165) is 0 Å². The number of hydrogen-bond acceptors (Lipinski definition) is 1. The second kappa shape index (κ2) is 5.96. The summed E-state index contributed by atoms with van der Waals surface area (Å²) in [4.78, 5) is 4.62. The van der Waals surface area contributed by atoms with E-state index in [4.69, 9.17) is 5.48 Å². The van der Waals surface area contributed by atoms with Crippen LogP contribution < -0.4 is 4.40 Å². The quantitative estimate of drug-likeness (QED) is 0.718. The van der Waals surface area contributed by atoms with Crippen LogP contribution in [0.4, 0.5) is 0 Å². The average molecular weight is 344 g/mol. The molecule has 0 saturated heterocycles. The SMILES string of the molecule is [2H]c1cc(-c2cc(C3CCCC3)[c]([Ge]([CH3])([CH3])[CH3])cn2)c([2H])c([2H])c1[2H]. The minimum atomic E-state index is -2.06. The summed E-state index contributed by atoms with van der Waals surface area (Å²) in [6, 6.07) is 3.23. The molecule has 21 heavy (non-hydrogen) atoms. The maximum absolute atomic E-state index is 8.21. The molecule has 0 atom stereocenters. The van der Waals surface area contributed by atoms with Crippen LogP contribution in [0.5, 0.6) is 0 Å². The van der Waals surface area contributed by atoms with Gasteiger partial charge in [-0.05, 0) is 0 Å². The summed E-state index contributed by atoms with van der Waals surface area (Å²) < 4.78 is 33.2. The predicted octanol–water partition coefficient (Wildman–Crippen LogP) is 4.95. The van der Waals surface area contributed by atoms with E-state index in [2.05, 4.69) is 28.3 Å². The molecule has 1 heterocycles. The van der Waals surface area contributed by atoms with Crippen molar-refractivity contribution in [1.29, 1.82) is 0 Å². The van der Waals surface area contributed by atoms with Crippen molar-refractivity contribution in [3.63, 3.8) is 0 Å². The Labute approximate surface area is 136 Å². The fourth-order valence-electron chi connectivity index (χ4n) is 3.24. The van der Waals surface area contributed by atoms with Gasteiger partial charge in [-0.2, -0.15) is 0 Å². The Morgan fingerprint density at radius 3 is 2.62 bits per heavy atom. The number of aromatic nitrogens is 1. The molecular formula is C19H25GeN. The van der Waals surface area contributed by atoms with Crippen LogP contribution in [0, 0.1) is 0 Å². The number of benzene rings is 1. The van der Waals surface area contributed by atoms with E-state index in [1.165, 1.54) is 41.7 Å². The van der Waals surface area contributed by atoms with E-state index < -0.39 is 13.3 Å². The molecule has 0 amide bonds. The van der Waals surface area contributed by atoms with Gasteiger partial charge in [-0.1, -0.05) is 0 Å². The topological polar surface area (TPSA) is 12.9 Å². The Morgan fingerprint density at radius 1 is 1.14 bits per heavy atom. The molecule has 0 bridgehead atoms. The maximum atomic E-state index is 8.21. The van der Waals surface area contributed by atoms with Gasteiger partial charge in [0.15, 0.2) is 0 Å². The zero-order chi connectivity index (χ0) is 18.4. The van der Waals surface area contributed by atoms with E-state index in [9.17, 15) is 0 Å². The van der Waals surface area contributed by atoms with E-state index in [1.807, 2.05) is 6.20 Å². The normalized spacial score (nSPS) is 19.0. The Bertz CT molecular complexity index is 808. The molecule has 1 aromatic carbocycles. The summed E-state index contributed by atoms with van der Waals surface area (Å²) in [5, 5.41) is 0. The third kappa shape index (κ3) is 3.23. The molecule has 1 saturated carbocycles. The summed E-state index contributed by atoms with van der Waals surface area (Å²) in [5.74, 6) is 7.70. The third-order valence-electron chi connectivity index (χ3n) is 4.36. The van der Waals surface area contributed by atoms with Gasteiger partial charge in [0.25, 0.3) is 0 Å². The van der Waals surface area contributed by atoms with Gasteiger partial charge >= 0.3 is 136 Å². The van der Waals surface area contributed by atoms with E-state index in [-0.39, 0.29) is 24.2 Å². The van der Waals surface area contributed by atoms with Crippen molar-refractivity contribution >= 4 is 17.7 Å². The molecule has 0 unspecified atom stereocenters. The second-order valence-corrected chi connectivity index (χ2v) is 17.5. The van der Waals surface area contributed by atoms with Crippen LogP contribution in [-0.4, -0.2) is 18.3 Å². The first-order valence-electron chi connectivity index (χ1n) is 9.78. The Balaban J connectivity index is 2.18. The van der Waals surface area contributed by atoms with Gasteiger partial charge in [0, 0.05) is 0 Å². The monoisotopic (exact) mass is 345 g/mol. The number of rotatable bonds is 3. The number of hydrogen-bond donors (Lipinski definition) is 0. The van der Waals surface area contributed by atoms with Crippen LogP contribution in [0.2, 0.25) is 17.3 Å². The van der Waals surface area contributed by atoms with Crippen molar-refractivity contribution in [3.05, 3.63) is 48.1 Å². The van der Waals surface area contributed by atoms with Crippen molar-refractivity contribution in [3.8, 4) is 11.3 Å². The van der Waals surface area contributed by atoms with Crippen molar-refractivity contribution < 1.29 is 5.48 Å². The van der Waals surface area contributed by atoms with E-state index >= 15 is 0 Å². The first-order chi connectivity index (χ1) is 11.7. The van der Waals surface area contributed by atoms with Crippen molar-refractivity contribution in [2.75, 3.05) is 0 Å². The van der Waals surface area contributed by atoms with Gasteiger partial charge in [0.1, 0.15) is 0 Å². The summed E-state index contributed by atoms with van der Waals surface area (Å²) in [7, 11) is 0. The zero-order valence-electron chi connectivity index (χ0n) is 17.1. The number of nitrogens with zero attached hydrogens (tertiary/aromatic N) is 1. The Morgan fingerprint density at radius 2 is 1.90 bits per heavy atom. The van der Waals surface area contributed by atoms with Crippen LogP contribution in [0.15, 0.2) is 42.5 Å². The molecule has 110 valence electrons. The van der Waals surface area contributed by atoms with Crippen LogP contribution in [0.1, 0.15) is 42.6 Å². The molecule has 0 spiro atoms. The number of pyridine rings is 1. The van der Waals surface area contributed by atoms with Crippen molar-refractivity contribution in [2.45, 2.75) is 48.9 Å². The van der Waals surface area contributed by atoms with E-state index in [1.54, 1.807) is 0 Å². The van der Waals surface area contributed by atoms with Gasteiger partial charge < -0.3 is 0 Å². The Kier molecular flexibility index (Phi) is 3.01. The summed E-state index contributed by atoms with van der Waals surface area (Å²) in [6.45, 7) is 0. The molecule has 1 aliphatic rings. The van der Waals surface area contributed by atoms with Gasteiger partial charge in [0.2, 0.25) is 0 Å². The first-order valence-corrected chi connectivity index (χ1v) is 15.1. The molecule has 2 aromatic rings. The fraction of sp³-hybridized carbons (Fsp3) is 0.421. The molecule has 0 N–H and O–H groups in total. The van der Waals surface area contributed by atoms with Crippen LogP contribution in [-0.2, 0) is 0 Å². The molecular weight excluding hydrogens is 315 g/mol. The Hall–Kier alpha value is -1.09.